The van der Waals surface area contributed by atoms with Gasteiger partial charge < -0.3 is 4.90 Å². The molecule has 0 aromatic carbocycles. The van der Waals surface area contributed by atoms with E-state index in [9.17, 15) is 4.79 Å². The number of nitrogens with zero attached hydrogens (tertiary/aromatic N) is 2. The molecule has 0 bridgehead atoms. The van der Waals surface area contributed by atoms with Gasteiger partial charge in [-0.25, -0.2) is 0 Å². The predicted octanol–water partition coefficient (Wildman–Crippen LogP) is 2.37. The maximum absolute atomic E-state index is 10.7. The molecule has 3 nitrogen and oxygen atoms in total. The number of piperidine rings is 2. The molecular formula is C15H28N2O. The van der Waals surface area contributed by atoms with Crippen LogP contribution in [0.4, 0.5) is 0 Å². The summed E-state index contributed by atoms with van der Waals surface area (Å²) >= 11 is 0. The highest BCUT2D eigenvalue weighted by molar-refractivity contribution is 5.47. The molecule has 18 heavy (non-hydrogen) atoms. The average Bonchev–Trinajstić information content (AvgIpc) is 2.38. The number of carbonyl (C=O) groups is 1. The summed E-state index contributed by atoms with van der Waals surface area (Å²) in [4.78, 5) is 15.3. The van der Waals surface area contributed by atoms with Crippen LogP contribution in [0.2, 0.25) is 0 Å². The molecule has 0 aliphatic carbocycles. The first-order chi connectivity index (χ1) is 8.50. The van der Waals surface area contributed by atoms with E-state index in [-0.39, 0.29) is 0 Å². The lowest BCUT2D eigenvalue weighted by Crippen LogP contribution is -2.47. The minimum absolute atomic E-state index is 0.325. The smallest absolute Gasteiger partial charge is 0.209 e. The molecule has 0 aromatic heterocycles. The standard InChI is InChI=1S/C15H28N2O/c1-15(2,3)17-10-6-14(7-11-17)13-4-8-16(12-18)9-5-13/h12-14H,4-11H2,1-3H3. The molecule has 2 fully saturated rings. The lowest BCUT2D eigenvalue weighted by Gasteiger charge is -2.44. The second kappa shape index (κ2) is 5.60. The zero-order valence-corrected chi connectivity index (χ0v) is 12.2. The summed E-state index contributed by atoms with van der Waals surface area (Å²) in [5.74, 6) is 1.76. The lowest BCUT2D eigenvalue weighted by molar-refractivity contribution is -0.119. The first kappa shape index (κ1) is 13.9. The molecule has 0 aromatic rings. The molecular weight excluding hydrogens is 224 g/mol. The van der Waals surface area contributed by atoms with Gasteiger partial charge in [-0.1, -0.05) is 0 Å². The molecule has 2 aliphatic rings. The van der Waals surface area contributed by atoms with E-state index in [2.05, 4.69) is 25.7 Å². The Kier molecular flexibility index (Phi) is 4.31. The van der Waals surface area contributed by atoms with Crippen molar-refractivity contribution in [2.75, 3.05) is 26.2 Å². The number of hydrogen-bond donors (Lipinski definition) is 0. The first-order valence-electron chi connectivity index (χ1n) is 7.45. The molecule has 2 heterocycles. The molecule has 0 saturated carbocycles. The molecule has 2 aliphatic heterocycles. The monoisotopic (exact) mass is 252 g/mol. The largest absolute Gasteiger partial charge is 0.345 e. The van der Waals surface area contributed by atoms with Crippen LogP contribution in [-0.4, -0.2) is 47.9 Å². The summed E-state index contributed by atoms with van der Waals surface area (Å²) in [5.41, 5.74) is 0.325. The second-order valence-corrected chi connectivity index (χ2v) is 6.97. The third-order valence-electron chi connectivity index (χ3n) is 4.88. The zero-order chi connectivity index (χ0) is 13.2. The number of rotatable bonds is 2. The van der Waals surface area contributed by atoms with Crippen molar-refractivity contribution in [3.8, 4) is 0 Å². The lowest BCUT2D eigenvalue weighted by atomic mass is 9.78. The quantitative estimate of drug-likeness (QED) is 0.704. The molecule has 0 spiro atoms. The Morgan fingerprint density at radius 3 is 1.72 bits per heavy atom. The highest BCUT2D eigenvalue weighted by atomic mass is 16.1. The summed E-state index contributed by atoms with van der Waals surface area (Å²) in [5, 5.41) is 0. The number of likely N-dealkylation sites (tertiary alicyclic amines) is 2. The van der Waals surface area contributed by atoms with Crippen LogP contribution < -0.4 is 0 Å². The van der Waals surface area contributed by atoms with E-state index in [0.717, 1.165) is 31.3 Å². The van der Waals surface area contributed by atoms with Gasteiger partial charge in [-0.05, 0) is 71.4 Å². The Bertz CT molecular complexity index is 269. The van der Waals surface area contributed by atoms with Gasteiger partial charge in [0.1, 0.15) is 0 Å². The summed E-state index contributed by atoms with van der Waals surface area (Å²) in [6.45, 7) is 11.4. The maximum atomic E-state index is 10.7. The summed E-state index contributed by atoms with van der Waals surface area (Å²) in [7, 11) is 0. The fraction of sp³-hybridized carbons (Fsp3) is 0.933. The molecule has 3 heteroatoms. The SMILES string of the molecule is CC(C)(C)N1CCC(C2CCN(C=O)CC2)CC1. The summed E-state index contributed by atoms with van der Waals surface area (Å²) < 4.78 is 0. The van der Waals surface area contributed by atoms with Crippen LogP contribution in [0.3, 0.4) is 0 Å². The van der Waals surface area contributed by atoms with Gasteiger partial charge in [0.15, 0.2) is 0 Å². The molecule has 0 unspecified atom stereocenters. The van der Waals surface area contributed by atoms with Crippen molar-refractivity contribution in [2.45, 2.75) is 52.0 Å². The van der Waals surface area contributed by atoms with E-state index in [1.807, 2.05) is 4.90 Å². The van der Waals surface area contributed by atoms with Crippen LogP contribution in [0, 0.1) is 11.8 Å². The fourth-order valence-corrected chi connectivity index (χ4v) is 3.54. The van der Waals surface area contributed by atoms with Crippen LogP contribution in [0.15, 0.2) is 0 Å². The van der Waals surface area contributed by atoms with Crippen molar-refractivity contribution >= 4 is 6.41 Å². The average molecular weight is 252 g/mol. The van der Waals surface area contributed by atoms with Crippen molar-refractivity contribution in [2.24, 2.45) is 11.8 Å². The zero-order valence-electron chi connectivity index (χ0n) is 12.2. The van der Waals surface area contributed by atoms with Gasteiger partial charge >= 0.3 is 0 Å². The van der Waals surface area contributed by atoms with E-state index >= 15 is 0 Å². The molecule has 1 amide bonds. The van der Waals surface area contributed by atoms with Crippen LogP contribution in [0.5, 0.6) is 0 Å². The molecule has 2 saturated heterocycles. The molecule has 0 atom stereocenters. The highest BCUT2D eigenvalue weighted by Gasteiger charge is 2.32. The number of carbonyl (C=O) groups excluding carboxylic acids is 1. The van der Waals surface area contributed by atoms with Crippen molar-refractivity contribution in [3.05, 3.63) is 0 Å². The third kappa shape index (κ3) is 3.25. The van der Waals surface area contributed by atoms with Gasteiger partial charge in [0.05, 0.1) is 0 Å². The van der Waals surface area contributed by atoms with Crippen LogP contribution in [0.25, 0.3) is 0 Å². The Balaban J connectivity index is 1.78. The summed E-state index contributed by atoms with van der Waals surface area (Å²) in [6, 6.07) is 0. The fourth-order valence-electron chi connectivity index (χ4n) is 3.54. The van der Waals surface area contributed by atoms with Gasteiger partial charge in [-0.2, -0.15) is 0 Å². The van der Waals surface area contributed by atoms with Crippen molar-refractivity contribution in [1.29, 1.82) is 0 Å². The van der Waals surface area contributed by atoms with E-state index in [1.54, 1.807) is 0 Å². The number of amides is 1. The van der Waals surface area contributed by atoms with E-state index < -0.39 is 0 Å². The van der Waals surface area contributed by atoms with E-state index in [1.165, 1.54) is 38.8 Å². The topological polar surface area (TPSA) is 23.6 Å². The molecule has 0 radical (unpaired) electrons. The normalized spacial score (nSPS) is 25.4. The Hall–Kier alpha value is -0.570. The highest BCUT2D eigenvalue weighted by Crippen LogP contribution is 2.33. The minimum Gasteiger partial charge on any atom is -0.345 e. The van der Waals surface area contributed by atoms with Gasteiger partial charge in [-0.3, -0.25) is 9.69 Å². The van der Waals surface area contributed by atoms with Gasteiger partial charge in [-0.15, -0.1) is 0 Å². The van der Waals surface area contributed by atoms with Crippen LogP contribution in [0.1, 0.15) is 46.5 Å². The Labute approximate surface area is 112 Å². The Morgan fingerprint density at radius 2 is 1.33 bits per heavy atom. The Morgan fingerprint density at radius 1 is 0.889 bits per heavy atom. The minimum atomic E-state index is 0.325. The van der Waals surface area contributed by atoms with E-state index in [0.29, 0.717) is 5.54 Å². The third-order valence-corrected chi connectivity index (χ3v) is 4.88. The van der Waals surface area contributed by atoms with E-state index in [4.69, 9.17) is 0 Å². The molecule has 2 rings (SSSR count). The predicted molar refractivity (Wildman–Crippen MR) is 74.4 cm³/mol. The van der Waals surface area contributed by atoms with Gasteiger partial charge in [0.25, 0.3) is 0 Å². The van der Waals surface area contributed by atoms with Crippen LogP contribution >= 0.6 is 0 Å². The number of hydrogen-bond acceptors (Lipinski definition) is 2. The van der Waals surface area contributed by atoms with Crippen molar-refractivity contribution in [3.63, 3.8) is 0 Å². The first-order valence-corrected chi connectivity index (χ1v) is 7.45. The van der Waals surface area contributed by atoms with Gasteiger partial charge in [0.2, 0.25) is 6.41 Å². The van der Waals surface area contributed by atoms with Crippen molar-refractivity contribution in [1.82, 2.24) is 9.80 Å². The maximum Gasteiger partial charge on any atom is 0.209 e. The molecule has 104 valence electrons. The molecule has 0 N–H and O–H groups in total. The van der Waals surface area contributed by atoms with Crippen LogP contribution in [-0.2, 0) is 4.79 Å². The second-order valence-electron chi connectivity index (χ2n) is 6.97. The summed E-state index contributed by atoms with van der Waals surface area (Å²) in [6.07, 6.45) is 6.16. The van der Waals surface area contributed by atoms with Crippen molar-refractivity contribution < 1.29 is 4.79 Å². The van der Waals surface area contributed by atoms with Gasteiger partial charge in [0, 0.05) is 18.6 Å².